The smallest absolute Gasteiger partial charge is 0.128 e. The first kappa shape index (κ1) is 16.3. The molecule has 0 aliphatic carbocycles. The molecule has 2 heterocycles. The van der Waals surface area contributed by atoms with Gasteiger partial charge in [-0.3, -0.25) is 0 Å². The number of anilines is 1. The molecule has 0 aromatic carbocycles. The molecule has 21 heavy (non-hydrogen) atoms. The fourth-order valence-electron chi connectivity index (χ4n) is 2.89. The highest BCUT2D eigenvalue weighted by Crippen LogP contribution is 2.26. The summed E-state index contributed by atoms with van der Waals surface area (Å²) in [5.74, 6) is 1.14. The minimum Gasteiger partial charge on any atom is -0.352 e. The topological polar surface area (TPSA) is 28.2 Å². The quantitative estimate of drug-likeness (QED) is 0.915. The SMILES string of the molecule is CC(C)NCC1CCCCN1c1ccc(C(C)(C)C)cn1. The zero-order chi connectivity index (χ0) is 15.5. The van der Waals surface area contributed by atoms with Crippen LogP contribution in [0.5, 0.6) is 0 Å². The molecule has 1 N–H and O–H groups in total. The van der Waals surface area contributed by atoms with E-state index in [0.717, 1.165) is 18.9 Å². The predicted octanol–water partition coefficient (Wildman–Crippen LogP) is 3.74. The average Bonchev–Trinajstić information content (AvgIpc) is 2.44. The first-order chi connectivity index (χ1) is 9.88. The van der Waals surface area contributed by atoms with Crippen molar-refractivity contribution in [2.45, 2.75) is 71.4 Å². The van der Waals surface area contributed by atoms with Crippen molar-refractivity contribution in [3.8, 4) is 0 Å². The van der Waals surface area contributed by atoms with E-state index in [1.165, 1.54) is 24.8 Å². The van der Waals surface area contributed by atoms with Gasteiger partial charge in [-0.05, 0) is 36.3 Å². The van der Waals surface area contributed by atoms with Crippen LogP contribution in [0.4, 0.5) is 5.82 Å². The normalized spacial score (nSPS) is 20.1. The van der Waals surface area contributed by atoms with Gasteiger partial charge in [-0.2, -0.15) is 0 Å². The van der Waals surface area contributed by atoms with E-state index < -0.39 is 0 Å². The maximum Gasteiger partial charge on any atom is 0.128 e. The summed E-state index contributed by atoms with van der Waals surface area (Å²) in [5.41, 5.74) is 1.48. The second kappa shape index (κ2) is 6.78. The molecule has 118 valence electrons. The van der Waals surface area contributed by atoms with Crippen molar-refractivity contribution in [2.24, 2.45) is 0 Å². The lowest BCUT2D eigenvalue weighted by molar-refractivity contribution is 0.418. The fraction of sp³-hybridized carbons (Fsp3) is 0.722. The van der Waals surface area contributed by atoms with Gasteiger partial charge in [0.15, 0.2) is 0 Å². The zero-order valence-corrected chi connectivity index (χ0v) is 14.3. The monoisotopic (exact) mass is 289 g/mol. The molecular weight excluding hydrogens is 258 g/mol. The van der Waals surface area contributed by atoms with Gasteiger partial charge in [0, 0.05) is 31.4 Å². The van der Waals surface area contributed by atoms with Crippen molar-refractivity contribution < 1.29 is 0 Å². The summed E-state index contributed by atoms with van der Waals surface area (Å²) in [7, 11) is 0. The molecule has 0 amide bonds. The van der Waals surface area contributed by atoms with E-state index in [9.17, 15) is 0 Å². The van der Waals surface area contributed by atoms with Gasteiger partial charge in [0.2, 0.25) is 0 Å². The average molecular weight is 289 g/mol. The van der Waals surface area contributed by atoms with Gasteiger partial charge in [-0.15, -0.1) is 0 Å². The molecule has 1 aromatic heterocycles. The summed E-state index contributed by atoms with van der Waals surface area (Å²) in [5, 5.41) is 3.58. The molecule has 0 spiro atoms. The zero-order valence-electron chi connectivity index (χ0n) is 14.3. The van der Waals surface area contributed by atoms with Crippen LogP contribution in [0, 0.1) is 0 Å². The molecule has 1 aliphatic heterocycles. The summed E-state index contributed by atoms with van der Waals surface area (Å²) < 4.78 is 0. The van der Waals surface area contributed by atoms with Crippen LogP contribution in [0.1, 0.15) is 59.4 Å². The summed E-state index contributed by atoms with van der Waals surface area (Å²) in [6, 6.07) is 5.57. The third-order valence-corrected chi connectivity index (χ3v) is 4.30. The van der Waals surface area contributed by atoms with Gasteiger partial charge in [-0.25, -0.2) is 4.98 Å². The Labute approximate surface area is 130 Å². The Morgan fingerprint density at radius 2 is 2.05 bits per heavy atom. The number of aromatic nitrogens is 1. The van der Waals surface area contributed by atoms with Gasteiger partial charge in [0.05, 0.1) is 0 Å². The lowest BCUT2D eigenvalue weighted by Gasteiger charge is -2.37. The molecule has 1 unspecified atom stereocenters. The van der Waals surface area contributed by atoms with E-state index in [0.29, 0.717) is 12.1 Å². The van der Waals surface area contributed by atoms with E-state index in [-0.39, 0.29) is 5.41 Å². The summed E-state index contributed by atoms with van der Waals surface area (Å²) >= 11 is 0. The maximum atomic E-state index is 4.74. The van der Waals surface area contributed by atoms with Crippen molar-refractivity contribution in [3.05, 3.63) is 23.9 Å². The molecule has 3 heteroatoms. The van der Waals surface area contributed by atoms with E-state index in [1.54, 1.807) is 0 Å². The summed E-state index contributed by atoms with van der Waals surface area (Å²) in [6.45, 7) is 13.3. The Kier molecular flexibility index (Phi) is 5.26. The highest BCUT2D eigenvalue weighted by Gasteiger charge is 2.24. The Morgan fingerprint density at radius 3 is 2.62 bits per heavy atom. The van der Waals surface area contributed by atoms with Gasteiger partial charge >= 0.3 is 0 Å². The second-order valence-corrected chi connectivity index (χ2v) is 7.56. The Bertz CT molecular complexity index is 431. The van der Waals surface area contributed by atoms with Crippen LogP contribution in [-0.2, 0) is 5.41 Å². The van der Waals surface area contributed by atoms with Crippen molar-refractivity contribution in [2.75, 3.05) is 18.0 Å². The number of nitrogens with one attached hydrogen (secondary N) is 1. The van der Waals surface area contributed by atoms with E-state index in [1.807, 2.05) is 0 Å². The maximum absolute atomic E-state index is 4.74. The Morgan fingerprint density at radius 1 is 1.29 bits per heavy atom. The number of nitrogens with zero attached hydrogens (tertiary/aromatic N) is 2. The Balaban J connectivity index is 2.10. The van der Waals surface area contributed by atoms with Crippen LogP contribution in [-0.4, -0.2) is 30.2 Å². The van der Waals surface area contributed by atoms with Crippen LogP contribution in [0.25, 0.3) is 0 Å². The lowest BCUT2D eigenvalue weighted by Crippen LogP contribution is -2.47. The molecule has 1 atom stereocenters. The number of piperidine rings is 1. The van der Waals surface area contributed by atoms with Crippen LogP contribution >= 0.6 is 0 Å². The molecule has 2 rings (SSSR count). The van der Waals surface area contributed by atoms with Crippen LogP contribution < -0.4 is 10.2 Å². The highest BCUT2D eigenvalue weighted by atomic mass is 15.2. The second-order valence-electron chi connectivity index (χ2n) is 7.56. The predicted molar refractivity (Wildman–Crippen MR) is 91.1 cm³/mol. The number of rotatable bonds is 4. The highest BCUT2D eigenvalue weighted by molar-refractivity contribution is 5.42. The van der Waals surface area contributed by atoms with Gasteiger partial charge in [0.1, 0.15) is 5.82 Å². The summed E-state index contributed by atoms with van der Waals surface area (Å²) in [6.07, 6.45) is 5.93. The summed E-state index contributed by atoms with van der Waals surface area (Å²) in [4.78, 5) is 7.24. The molecule has 1 saturated heterocycles. The van der Waals surface area contributed by atoms with Crippen LogP contribution in [0.2, 0.25) is 0 Å². The fourth-order valence-corrected chi connectivity index (χ4v) is 2.89. The number of hydrogen-bond donors (Lipinski definition) is 1. The third kappa shape index (κ3) is 4.44. The molecule has 0 radical (unpaired) electrons. The first-order valence-corrected chi connectivity index (χ1v) is 8.34. The van der Waals surface area contributed by atoms with E-state index in [4.69, 9.17) is 4.98 Å². The van der Waals surface area contributed by atoms with Crippen LogP contribution in [0.3, 0.4) is 0 Å². The standard InChI is InChI=1S/C18H31N3/c1-14(2)19-13-16-8-6-7-11-21(16)17-10-9-15(12-20-17)18(3,4)5/h9-10,12,14,16,19H,6-8,11,13H2,1-5H3. The van der Waals surface area contributed by atoms with E-state index >= 15 is 0 Å². The van der Waals surface area contributed by atoms with Gasteiger partial charge < -0.3 is 10.2 Å². The largest absolute Gasteiger partial charge is 0.352 e. The molecule has 1 aliphatic rings. The molecule has 0 bridgehead atoms. The van der Waals surface area contributed by atoms with Crippen LogP contribution in [0.15, 0.2) is 18.3 Å². The van der Waals surface area contributed by atoms with Crippen molar-refractivity contribution in [3.63, 3.8) is 0 Å². The van der Waals surface area contributed by atoms with Gasteiger partial charge in [-0.1, -0.05) is 40.7 Å². The van der Waals surface area contributed by atoms with Crippen molar-refractivity contribution >= 4 is 5.82 Å². The molecular formula is C18H31N3. The molecule has 0 saturated carbocycles. The molecule has 1 fully saturated rings. The Hall–Kier alpha value is -1.09. The minimum absolute atomic E-state index is 0.173. The number of hydrogen-bond acceptors (Lipinski definition) is 3. The van der Waals surface area contributed by atoms with Crippen molar-refractivity contribution in [1.82, 2.24) is 10.3 Å². The van der Waals surface area contributed by atoms with E-state index in [2.05, 4.69) is 63.2 Å². The first-order valence-electron chi connectivity index (χ1n) is 8.34. The lowest BCUT2D eigenvalue weighted by atomic mass is 9.88. The molecule has 1 aromatic rings. The van der Waals surface area contributed by atoms with Crippen molar-refractivity contribution in [1.29, 1.82) is 0 Å². The number of pyridine rings is 1. The van der Waals surface area contributed by atoms with Gasteiger partial charge in [0.25, 0.3) is 0 Å². The molecule has 3 nitrogen and oxygen atoms in total. The third-order valence-electron chi connectivity index (χ3n) is 4.30. The minimum atomic E-state index is 0.173.